The maximum Gasteiger partial charge on any atom is 0.272 e. The Hall–Kier alpha value is -5.35. The standard InChI is InChI=1S/C36H35N3O6S/c1-5-33(36(43)37-27-16-14-24(15-17-27)23(2)40)46-30-13-9-12-28(22-30)38-35(42)31(39-34(41)25-10-7-6-8-11-25)21-26-20-29(44-3)18-19-32(26)45-4/h6-22,33H,5H2,1-4H3,(H,37,43)(H,38,42)(H,39,41)/b31-21+. The van der Waals surface area contributed by atoms with Crippen LogP contribution >= 0.6 is 11.8 Å². The highest BCUT2D eigenvalue weighted by atomic mass is 32.2. The molecule has 4 aromatic rings. The van der Waals surface area contributed by atoms with E-state index in [2.05, 4.69) is 16.0 Å². The van der Waals surface area contributed by atoms with Gasteiger partial charge in [-0.3, -0.25) is 19.2 Å². The summed E-state index contributed by atoms with van der Waals surface area (Å²) in [6.07, 6.45) is 2.08. The van der Waals surface area contributed by atoms with E-state index in [1.54, 1.807) is 91.0 Å². The molecular weight excluding hydrogens is 602 g/mol. The lowest BCUT2D eigenvalue weighted by Crippen LogP contribution is -2.30. The molecule has 0 fully saturated rings. The molecule has 0 aliphatic carbocycles. The van der Waals surface area contributed by atoms with Crippen molar-refractivity contribution >= 4 is 52.7 Å². The Morgan fingerprint density at radius 3 is 2.17 bits per heavy atom. The van der Waals surface area contributed by atoms with E-state index < -0.39 is 17.1 Å². The van der Waals surface area contributed by atoms with E-state index in [-0.39, 0.29) is 17.4 Å². The molecule has 0 saturated heterocycles. The minimum absolute atomic E-state index is 0.0138. The number of methoxy groups -OCH3 is 2. The molecule has 3 amide bonds. The Kier molecular flexibility index (Phi) is 11.7. The summed E-state index contributed by atoms with van der Waals surface area (Å²) in [5.41, 5.74) is 2.54. The van der Waals surface area contributed by atoms with Crippen LogP contribution in [-0.2, 0) is 9.59 Å². The van der Waals surface area contributed by atoms with Crippen molar-refractivity contribution in [2.45, 2.75) is 30.4 Å². The van der Waals surface area contributed by atoms with E-state index in [4.69, 9.17) is 9.47 Å². The van der Waals surface area contributed by atoms with Crippen LogP contribution in [0.1, 0.15) is 46.5 Å². The van der Waals surface area contributed by atoms with E-state index >= 15 is 0 Å². The molecule has 0 saturated carbocycles. The number of carbonyl (C=O) groups excluding carboxylic acids is 4. The highest BCUT2D eigenvalue weighted by molar-refractivity contribution is 8.00. The number of ketones is 1. The molecule has 0 spiro atoms. The average Bonchev–Trinajstić information content (AvgIpc) is 3.07. The molecule has 0 aliphatic heterocycles. The van der Waals surface area contributed by atoms with Gasteiger partial charge in [-0.15, -0.1) is 11.8 Å². The van der Waals surface area contributed by atoms with Gasteiger partial charge in [-0.05, 0) is 92.2 Å². The summed E-state index contributed by atoms with van der Waals surface area (Å²) in [7, 11) is 3.04. The van der Waals surface area contributed by atoms with E-state index in [0.29, 0.717) is 46.0 Å². The van der Waals surface area contributed by atoms with Gasteiger partial charge < -0.3 is 25.4 Å². The van der Waals surface area contributed by atoms with Crippen molar-refractivity contribution in [1.82, 2.24) is 5.32 Å². The van der Waals surface area contributed by atoms with Gasteiger partial charge in [0, 0.05) is 33.0 Å². The van der Waals surface area contributed by atoms with E-state index in [1.165, 1.54) is 39.0 Å². The number of ether oxygens (including phenoxy) is 2. The molecule has 0 radical (unpaired) electrons. The number of hydrogen-bond acceptors (Lipinski definition) is 7. The summed E-state index contributed by atoms with van der Waals surface area (Å²) in [6, 6.07) is 27.6. The van der Waals surface area contributed by atoms with Crippen LogP contribution in [0.15, 0.2) is 108 Å². The number of hydrogen-bond donors (Lipinski definition) is 3. The minimum Gasteiger partial charge on any atom is -0.497 e. The summed E-state index contributed by atoms with van der Waals surface area (Å²) in [6.45, 7) is 3.41. The van der Waals surface area contributed by atoms with E-state index in [0.717, 1.165) is 4.90 Å². The minimum atomic E-state index is -0.560. The van der Waals surface area contributed by atoms with Gasteiger partial charge in [0.2, 0.25) is 5.91 Å². The first-order valence-electron chi connectivity index (χ1n) is 14.5. The van der Waals surface area contributed by atoms with Crippen molar-refractivity contribution < 1.29 is 28.7 Å². The van der Waals surface area contributed by atoms with Crippen molar-refractivity contribution in [2.24, 2.45) is 0 Å². The third kappa shape index (κ3) is 9.09. The smallest absolute Gasteiger partial charge is 0.272 e. The SMILES string of the molecule is CCC(Sc1cccc(NC(=O)/C(=C\c2cc(OC)ccc2OC)NC(=O)c2ccccc2)c1)C(=O)Nc1ccc(C(C)=O)cc1. The number of benzene rings is 4. The molecule has 1 unspecified atom stereocenters. The normalized spacial score (nSPS) is 11.6. The lowest BCUT2D eigenvalue weighted by atomic mass is 10.1. The summed E-state index contributed by atoms with van der Waals surface area (Å²) in [5.74, 6) is -0.215. The quantitative estimate of drug-likeness (QED) is 0.0835. The van der Waals surface area contributed by atoms with Crippen LogP contribution in [0.4, 0.5) is 11.4 Å². The molecule has 3 N–H and O–H groups in total. The predicted molar refractivity (Wildman–Crippen MR) is 182 cm³/mol. The van der Waals surface area contributed by atoms with Gasteiger partial charge in [0.1, 0.15) is 17.2 Å². The van der Waals surface area contributed by atoms with Crippen molar-refractivity contribution in [3.05, 3.63) is 119 Å². The number of carbonyl (C=O) groups is 4. The Labute approximate surface area is 272 Å². The van der Waals surface area contributed by atoms with Crippen LogP contribution in [0.2, 0.25) is 0 Å². The van der Waals surface area contributed by atoms with Crippen LogP contribution in [0, 0.1) is 0 Å². The van der Waals surface area contributed by atoms with Crippen molar-refractivity contribution in [3.63, 3.8) is 0 Å². The molecule has 236 valence electrons. The monoisotopic (exact) mass is 637 g/mol. The number of amides is 3. The Morgan fingerprint density at radius 2 is 1.52 bits per heavy atom. The second kappa shape index (κ2) is 16.1. The molecular formula is C36H35N3O6S. The predicted octanol–water partition coefficient (Wildman–Crippen LogP) is 6.83. The number of anilines is 2. The van der Waals surface area contributed by atoms with Crippen LogP contribution in [0.25, 0.3) is 6.08 Å². The zero-order chi connectivity index (χ0) is 33.1. The van der Waals surface area contributed by atoms with Gasteiger partial charge in [-0.1, -0.05) is 31.2 Å². The molecule has 0 aliphatic rings. The summed E-state index contributed by atoms with van der Waals surface area (Å²) in [5, 5.41) is 8.08. The Morgan fingerprint density at radius 1 is 0.783 bits per heavy atom. The lowest BCUT2D eigenvalue weighted by Gasteiger charge is -2.16. The molecule has 0 bridgehead atoms. The molecule has 4 rings (SSSR count). The lowest BCUT2D eigenvalue weighted by molar-refractivity contribution is -0.116. The Balaban J connectivity index is 1.54. The third-order valence-electron chi connectivity index (χ3n) is 6.86. The first kappa shape index (κ1) is 33.5. The number of thioether (sulfide) groups is 1. The third-order valence-corrected chi connectivity index (χ3v) is 8.22. The summed E-state index contributed by atoms with van der Waals surface area (Å²) in [4.78, 5) is 52.1. The zero-order valence-electron chi connectivity index (χ0n) is 26.0. The van der Waals surface area contributed by atoms with Gasteiger partial charge in [-0.2, -0.15) is 0 Å². The first-order chi connectivity index (χ1) is 22.2. The second-order valence-electron chi connectivity index (χ2n) is 10.1. The summed E-state index contributed by atoms with van der Waals surface area (Å²) < 4.78 is 10.8. The van der Waals surface area contributed by atoms with Crippen molar-refractivity contribution in [1.29, 1.82) is 0 Å². The first-order valence-corrected chi connectivity index (χ1v) is 15.4. The fourth-order valence-electron chi connectivity index (χ4n) is 4.39. The molecule has 0 heterocycles. The van der Waals surface area contributed by atoms with Gasteiger partial charge >= 0.3 is 0 Å². The number of rotatable bonds is 13. The molecule has 10 heteroatoms. The van der Waals surface area contributed by atoms with Gasteiger partial charge in [0.05, 0.1) is 19.5 Å². The van der Waals surface area contributed by atoms with Crippen molar-refractivity contribution in [2.75, 3.05) is 24.9 Å². The molecule has 0 aromatic heterocycles. The van der Waals surface area contributed by atoms with Crippen LogP contribution in [0.5, 0.6) is 11.5 Å². The largest absolute Gasteiger partial charge is 0.497 e. The van der Waals surface area contributed by atoms with Crippen LogP contribution < -0.4 is 25.4 Å². The van der Waals surface area contributed by atoms with Crippen LogP contribution in [-0.4, -0.2) is 43.0 Å². The molecule has 46 heavy (non-hydrogen) atoms. The zero-order valence-corrected chi connectivity index (χ0v) is 26.8. The highest BCUT2D eigenvalue weighted by Crippen LogP contribution is 2.30. The molecule has 9 nitrogen and oxygen atoms in total. The van der Waals surface area contributed by atoms with E-state index in [9.17, 15) is 19.2 Å². The fraction of sp³-hybridized carbons (Fsp3) is 0.167. The average molecular weight is 638 g/mol. The second-order valence-corrected chi connectivity index (χ2v) is 11.4. The summed E-state index contributed by atoms with van der Waals surface area (Å²) >= 11 is 1.36. The molecule has 1 atom stereocenters. The van der Waals surface area contributed by atoms with Gasteiger partial charge in [0.15, 0.2) is 5.78 Å². The topological polar surface area (TPSA) is 123 Å². The fourth-order valence-corrected chi connectivity index (χ4v) is 5.41. The number of Topliss-reactive ketones (excluding diaryl/α,β-unsaturated/α-hetero) is 1. The van der Waals surface area contributed by atoms with Gasteiger partial charge in [-0.25, -0.2) is 0 Å². The molecule has 4 aromatic carbocycles. The maximum absolute atomic E-state index is 13.6. The van der Waals surface area contributed by atoms with Crippen LogP contribution in [0.3, 0.4) is 0 Å². The number of nitrogens with one attached hydrogen (secondary N) is 3. The van der Waals surface area contributed by atoms with Gasteiger partial charge in [0.25, 0.3) is 11.8 Å². The van der Waals surface area contributed by atoms with Crippen molar-refractivity contribution in [3.8, 4) is 11.5 Å². The highest BCUT2D eigenvalue weighted by Gasteiger charge is 2.20. The van der Waals surface area contributed by atoms with E-state index in [1.807, 2.05) is 13.0 Å². The Bertz CT molecular complexity index is 1740. The maximum atomic E-state index is 13.6.